The zero-order valence-electron chi connectivity index (χ0n) is 8.42. The monoisotopic (exact) mass is 285 g/mol. The molecule has 1 fully saturated rings. The first kappa shape index (κ1) is 12.8. The average molecular weight is 286 g/mol. The number of likely N-dealkylation sites (tertiary alicyclic amines) is 1. The Labute approximate surface area is 95.6 Å². The van der Waals surface area contributed by atoms with Gasteiger partial charge in [-0.3, -0.25) is 4.79 Å². The van der Waals surface area contributed by atoms with Gasteiger partial charge in [-0.05, 0) is 6.92 Å². The molecule has 1 amide bonds. The van der Waals surface area contributed by atoms with Crippen LogP contribution in [0.3, 0.4) is 0 Å². The molecule has 2 atom stereocenters. The molecule has 0 saturated carbocycles. The molecule has 1 rings (SSSR count). The first-order chi connectivity index (χ1) is 6.88. The minimum absolute atomic E-state index is 0.0538. The third-order valence-corrected chi connectivity index (χ3v) is 3.02. The van der Waals surface area contributed by atoms with Crippen LogP contribution in [0.1, 0.15) is 13.3 Å². The molecule has 2 unspecified atom stereocenters. The zero-order valence-corrected chi connectivity index (χ0v) is 10.0. The van der Waals surface area contributed by atoms with Crippen LogP contribution in [-0.2, 0) is 4.79 Å². The summed E-state index contributed by atoms with van der Waals surface area (Å²) in [5.41, 5.74) is 0. The number of amides is 1. The molecule has 0 bridgehead atoms. The van der Waals surface area contributed by atoms with E-state index in [2.05, 4.69) is 15.9 Å². The normalized spacial score (nSPS) is 27.5. The first-order valence-electron chi connectivity index (χ1n) is 4.80. The lowest BCUT2D eigenvalue weighted by Gasteiger charge is -2.38. The fraction of sp³-hybridized carbons (Fsp3) is 0.889. The minimum Gasteiger partial charge on any atom is -0.396 e. The summed E-state index contributed by atoms with van der Waals surface area (Å²) in [6.07, 6.45) is -0.371. The Hall–Kier alpha value is -0.230. The second-order valence-electron chi connectivity index (χ2n) is 3.79. The number of aliphatic hydroxyl groups is 1. The van der Waals surface area contributed by atoms with Crippen LogP contribution in [0.4, 0.5) is 8.78 Å². The molecule has 0 aromatic heterocycles. The second-order valence-corrected chi connectivity index (χ2v) is 5.16. The zero-order chi connectivity index (χ0) is 11.6. The quantitative estimate of drug-likeness (QED) is 0.776. The summed E-state index contributed by atoms with van der Waals surface area (Å²) in [6, 6.07) is 0. The van der Waals surface area contributed by atoms with Gasteiger partial charge in [0.2, 0.25) is 5.91 Å². The van der Waals surface area contributed by atoms with Crippen LogP contribution >= 0.6 is 15.9 Å². The number of carbonyl (C=O) groups excluding carboxylic acids is 1. The first-order valence-corrected chi connectivity index (χ1v) is 5.71. The maximum absolute atomic E-state index is 13.2. The summed E-state index contributed by atoms with van der Waals surface area (Å²) in [4.78, 5) is 12.5. The third-order valence-electron chi connectivity index (χ3n) is 2.63. The Morgan fingerprint density at radius 1 is 1.73 bits per heavy atom. The molecule has 1 aliphatic rings. The summed E-state index contributed by atoms with van der Waals surface area (Å²) >= 11 is 3.10. The minimum atomic E-state index is -2.86. The summed E-state index contributed by atoms with van der Waals surface area (Å²) < 4.78 is 26.4. The molecule has 0 spiro atoms. The Morgan fingerprint density at radius 3 is 2.80 bits per heavy atom. The number of alkyl halides is 3. The largest absolute Gasteiger partial charge is 0.396 e. The summed E-state index contributed by atoms with van der Waals surface area (Å²) in [7, 11) is 0. The van der Waals surface area contributed by atoms with Gasteiger partial charge in [0.15, 0.2) is 0 Å². The summed E-state index contributed by atoms with van der Waals surface area (Å²) in [6.45, 7) is 1.05. The van der Waals surface area contributed by atoms with E-state index in [1.54, 1.807) is 6.92 Å². The maximum atomic E-state index is 13.2. The predicted octanol–water partition coefficient (Wildman–Crippen LogP) is 1.25. The van der Waals surface area contributed by atoms with E-state index in [0.29, 0.717) is 0 Å². The molecule has 1 N–H and O–H groups in total. The topological polar surface area (TPSA) is 40.5 Å². The Kier molecular flexibility index (Phi) is 4.06. The molecule has 1 heterocycles. The van der Waals surface area contributed by atoms with Gasteiger partial charge in [0.1, 0.15) is 0 Å². The number of hydrogen-bond donors (Lipinski definition) is 1. The highest BCUT2D eigenvalue weighted by molar-refractivity contribution is 9.10. The van der Waals surface area contributed by atoms with E-state index >= 15 is 0 Å². The van der Waals surface area contributed by atoms with Crippen LogP contribution in [0, 0.1) is 5.92 Å². The van der Waals surface area contributed by atoms with Gasteiger partial charge in [-0.2, -0.15) is 0 Å². The Bertz CT molecular complexity index is 248. The SMILES string of the molecule is CC(Br)C(=O)N1CCC(F)(F)C(CO)C1. The standard InChI is InChI=1S/C9H14BrF2NO2/c1-6(10)8(15)13-3-2-9(11,12)7(4-13)5-14/h6-7,14H,2-5H2,1H3. The van der Waals surface area contributed by atoms with Gasteiger partial charge in [-0.1, -0.05) is 15.9 Å². The van der Waals surface area contributed by atoms with Crippen molar-refractivity contribution in [3.8, 4) is 0 Å². The fourth-order valence-corrected chi connectivity index (χ4v) is 1.91. The van der Waals surface area contributed by atoms with E-state index in [1.165, 1.54) is 4.90 Å². The molecule has 0 aromatic carbocycles. The molecular formula is C9H14BrF2NO2. The van der Waals surface area contributed by atoms with Crippen molar-refractivity contribution in [3.63, 3.8) is 0 Å². The lowest BCUT2D eigenvalue weighted by Crippen LogP contribution is -2.51. The highest BCUT2D eigenvalue weighted by atomic mass is 79.9. The van der Waals surface area contributed by atoms with Gasteiger partial charge in [-0.25, -0.2) is 8.78 Å². The van der Waals surface area contributed by atoms with Crippen LogP contribution in [0.15, 0.2) is 0 Å². The maximum Gasteiger partial charge on any atom is 0.256 e. The van der Waals surface area contributed by atoms with Crippen molar-refractivity contribution in [3.05, 3.63) is 0 Å². The molecule has 6 heteroatoms. The van der Waals surface area contributed by atoms with E-state index in [9.17, 15) is 13.6 Å². The van der Waals surface area contributed by atoms with Gasteiger partial charge in [-0.15, -0.1) is 0 Å². The number of halogens is 3. The van der Waals surface area contributed by atoms with Crippen LogP contribution in [0.2, 0.25) is 0 Å². The fourth-order valence-electron chi connectivity index (χ4n) is 1.62. The van der Waals surface area contributed by atoms with Crippen molar-refractivity contribution in [2.24, 2.45) is 5.92 Å². The van der Waals surface area contributed by atoms with E-state index < -0.39 is 18.4 Å². The molecule has 0 radical (unpaired) electrons. The number of aliphatic hydroxyl groups excluding tert-OH is 1. The summed E-state index contributed by atoms with van der Waals surface area (Å²) in [5, 5.41) is 8.84. The van der Waals surface area contributed by atoms with Gasteiger partial charge in [0, 0.05) is 19.5 Å². The van der Waals surface area contributed by atoms with Crippen LogP contribution in [0.5, 0.6) is 0 Å². The third kappa shape index (κ3) is 2.87. The molecule has 0 aromatic rings. The van der Waals surface area contributed by atoms with Crippen molar-refractivity contribution < 1.29 is 18.7 Å². The molecule has 3 nitrogen and oxygen atoms in total. The van der Waals surface area contributed by atoms with Gasteiger partial charge >= 0.3 is 0 Å². The number of nitrogens with zero attached hydrogens (tertiary/aromatic N) is 1. The highest BCUT2D eigenvalue weighted by Crippen LogP contribution is 2.33. The van der Waals surface area contributed by atoms with Gasteiger partial charge < -0.3 is 10.0 Å². The van der Waals surface area contributed by atoms with Gasteiger partial charge in [0.05, 0.1) is 17.4 Å². The molecule has 1 saturated heterocycles. The van der Waals surface area contributed by atoms with Crippen molar-refractivity contribution >= 4 is 21.8 Å². The second kappa shape index (κ2) is 4.74. The molecular weight excluding hydrogens is 272 g/mol. The number of hydrogen-bond acceptors (Lipinski definition) is 2. The van der Waals surface area contributed by atoms with Crippen molar-refractivity contribution in [1.82, 2.24) is 4.90 Å². The molecule has 1 aliphatic heterocycles. The average Bonchev–Trinajstić information content (AvgIpc) is 2.16. The summed E-state index contributed by atoms with van der Waals surface area (Å²) in [5.74, 6) is -4.20. The Balaban J connectivity index is 2.65. The Morgan fingerprint density at radius 2 is 2.33 bits per heavy atom. The number of piperidine rings is 1. The number of carbonyl (C=O) groups is 1. The van der Waals surface area contributed by atoms with Crippen molar-refractivity contribution in [2.75, 3.05) is 19.7 Å². The van der Waals surface area contributed by atoms with Crippen LogP contribution in [0.25, 0.3) is 0 Å². The lowest BCUT2D eigenvalue weighted by atomic mass is 9.94. The van der Waals surface area contributed by atoms with E-state index in [0.717, 1.165) is 0 Å². The highest BCUT2D eigenvalue weighted by Gasteiger charge is 2.44. The van der Waals surface area contributed by atoms with E-state index in [1.807, 2.05) is 0 Å². The van der Waals surface area contributed by atoms with E-state index in [4.69, 9.17) is 5.11 Å². The molecule has 15 heavy (non-hydrogen) atoms. The van der Waals surface area contributed by atoms with E-state index in [-0.39, 0.29) is 30.2 Å². The lowest BCUT2D eigenvalue weighted by molar-refractivity contribution is -0.148. The van der Waals surface area contributed by atoms with Crippen molar-refractivity contribution in [2.45, 2.75) is 24.1 Å². The van der Waals surface area contributed by atoms with Crippen LogP contribution < -0.4 is 0 Å². The molecule has 0 aliphatic carbocycles. The van der Waals surface area contributed by atoms with Gasteiger partial charge in [0.25, 0.3) is 5.92 Å². The predicted molar refractivity (Wildman–Crippen MR) is 55.1 cm³/mol. The van der Waals surface area contributed by atoms with Crippen LogP contribution in [-0.4, -0.2) is 46.4 Å². The smallest absolute Gasteiger partial charge is 0.256 e. The number of rotatable bonds is 2. The van der Waals surface area contributed by atoms with Crippen molar-refractivity contribution in [1.29, 1.82) is 0 Å². The molecule has 88 valence electrons.